The number of alkyl halides is 2. The van der Waals surface area contributed by atoms with Crippen LogP contribution < -0.4 is 0 Å². The number of rotatable bonds is 7. The van der Waals surface area contributed by atoms with Crippen LogP contribution in [0.2, 0.25) is 4.34 Å². The van der Waals surface area contributed by atoms with Gasteiger partial charge in [0.15, 0.2) is 5.78 Å². The number of aromatic nitrogens is 2. The maximum Gasteiger partial charge on any atom is 0.319 e. The fourth-order valence-electron chi connectivity index (χ4n) is 1.94. The van der Waals surface area contributed by atoms with Gasteiger partial charge in [0.1, 0.15) is 5.82 Å². The summed E-state index contributed by atoms with van der Waals surface area (Å²) >= 11 is 6.92. The minimum atomic E-state index is -2.71. The molecule has 0 aromatic carbocycles. The summed E-state index contributed by atoms with van der Waals surface area (Å²) in [6, 6.07) is 3.24. The second-order valence-electron chi connectivity index (χ2n) is 4.81. The smallest absolute Gasteiger partial charge is 0.319 e. The number of carbonyl (C=O) groups is 2. The lowest BCUT2D eigenvalue weighted by Gasteiger charge is -2.17. The number of ketones is 1. The lowest BCUT2D eigenvalue weighted by atomic mass is 10.2. The molecular formula is C14H14ClF2N3O2S. The highest BCUT2D eigenvalue weighted by Crippen LogP contribution is 2.23. The van der Waals surface area contributed by atoms with E-state index in [4.69, 9.17) is 11.6 Å². The van der Waals surface area contributed by atoms with Crippen LogP contribution in [-0.2, 0) is 11.3 Å². The van der Waals surface area contributed by atoms with Crippen molar-refractivity contribution in [1.29, 1.82) is 0 Å². The molecule has 5 nitrogen and oxygen atoms in total. The molecule has 0 radical (unpaired) electrons. The highest BCUT2D eigenvalue weighted by Gasteiger charge is 2.17. The number of hydrogen-bond donors (Lipinski definition) is 0. The van der Waals surface area contributed by atoms with Crippen molar-refractivity contribution in [2.75, 3.05) is 7.05 Å². The molecule has 0 unspecified atom stereocenters. The van der Waals surface area contributed by atoms with Crippen LogP contribution in [0.1, 0.15) is 34.9 Å². The van der Waals surface area contributed by atoms with Crippen LogP contribution in [0.5, 0.6) is 0 Å². The fourth-order valence-corrected chi connectivity index (χ4v) is 2.95. The van der Waals surface area contributed by atoms with Crippen LogP contribution in [0.3, 0.4) is 0 Å². The SMILES string of the molecule is CN(Cc1nccn1C(F)F)C(=O)CCC(=O)c1ccc(Cl)s1. The molecule has 9 heteroatoms. The van der Waals surface area contributed by atoms with Gasteiger partial charge in [-0.3, -0.25) is 14.2 Å². The van der Waals surface area contributed by atoms with Crippen molar-refractivity contribution >= 4 is 34.6 Å². The first kappa shape index (κ1) is 17.6. The monoisotopic (exact) mass is 361 g/mol. The van der Waals surface area contributed by atoms with Crippen molar-refractivity contribution in [2.45, 2.75) is 25.9 Å². The Morgan fingerprint density at radius 2 is 2.13 bits per heavy atom. The van der Waals surface area contributed by atoms with E-state index in [1.165, 1.54) is 18.1 Å². The molecule has 0 N–H and O–H groups in total. The molecule has 0 aliphatic rings. The molecule has 0 aliphatic heterocycles. The van der Waals surface area contributed by atoms with Crippen LogP contribution in [0.15, 0.2) is 24.5 Å². The van der Waals surface area contributed by atoms with E-state index in [-0.39, 0.29) is 36.9 Å². The molecule has 0 atom stereocenters. The van der Waals surface area contributed by atoms with E-state index in [1.54, 1.807) is 12.1 Å². The van der Waals surface area contributed by atoms with Crippen LogP contribution in [-0.4, -0.2) is 33.2 Å². The number of thiophene rings is 1. The third-order valence-corrected chi connectivity index (χ3v) is 4.45. The van der Waals surface area contributed by atoms with Gasteiger partial charge >= 0.3 is 6.55 Å². The molecule has 0 fully saturated rings. The minimum absolute atomic E-state index is 0.000238. The van der Waals surface area contributed by atoms with E-state index < -0.39 is 6.55 Å². The van der Waals surface area contributed by atoms with Crippen molar-refractivity contribution in [3.8, 4) is 0 Å². The highest BCUT2D eigenvalue weighted by molar-refractivity contribution is 7.18. The summed E-state index contributed by atoms with van der Waals surface area (Å²) in [5, 5.41) is 0. The van der Waals surface area contributed by atoms with Crippen molar-refractivity contribution in [2.24, 2.45) is 0 Å². The normalized spacial score (nSPS) is 11.0. The fraction of sp³-hybridized carbons (Fsp3) is 0.357. The number of hydrogen-bond acceptors (Lipinski definition) is 4. The lowest BCUT2D eigenvalue weighted by Crippen LogP contribution is -2.28. The standard InChI is InChI=1S/C14H14ClF2N3O2S/c1-19(8-12-18-6-7-20(12)14(16)17)13(22)5-2-9(21)10-3-4-11(15)23-10/h3-4,6-7,14H,2,5,8H2,1H3. The number of halogens is 3. The summed E-state index contributed by atoms with van der Waals surface area (Å²) < 4.78 is 26.6. The summed E-state index contributed by atoms with van der Waals surface area (Å²) in [4.78, 5) is 29.5. The third-order valence-electron chi connectivity index (χ3n) is 3.18. The van der Waals surface area contributed by atoms with E-state index in [0.29, 0.717) is 13.8 Å². The van der Waals surface area contributed by atoms with E-state index >= 15 is 0 Å². The van der Waals surface area contributed by atoms with Crippen molar-refractivity contribution in [1.82, 2.24) is 14.5 Å². The van der Waals surface area contributed by atoms with Gasteiger partial charge < -0.3 is 4.90 Å². The Morgan fingerprint density at radius 3 is 2.74 bits per heavy atom. The molecule has 2 aromatic heterocycles. The maximum atomic E-state index is 12.7. The Hall–Kier alpha value is -1.80. The molecule has 2 rings (SSSR count). The second kappa shape index (κ2) is 7.65. The predicted molar refractivity (Wildman–Crippen MR) is 82.8 cm³/mol. The van der Waals surface area contributed by atoms with Gasteiger partial charge in [-0.05, 0) is 12.1 Å². The number of carbonyl (C=O) groups excluding carboxylic acids is 2. The van der Waals surface area contributed by atoms with Gasteiger partial charge in [0, 0.05) is 32.3 Å². The molecular weight excluding hydrogens is 348 g/mol. The van der Waals surface area contributed by atoms with Gasteiger partial charge in [0.2, 0.25) is 5.91 Å². The average molecular weight is 362 g/mol. The molecule has 23 heavy (non-hydrogen) atoms. The Balaban J connectivity index is 1.87. The van der Waals surface area contributed by atoms with Gasteiger partial charge in [-0.2, -0.15) is 8.78 Å². The Labute approximate surface area is 140 Å². The third kappa shape index (κ3) is 4.59. The molecule has 0 saturated heterocycles. The summed E-state index contributed by atoms with van der Waals surface area (Å²) in [7, 11) is 1.49. The van der Waals surface area contributed by atoms with Gasteiger partial charge in [0.25, 0.3) is 0 Å². The van der Waals surface area contributed by atoms with Crippen LogP contribution >= 0.6 is 22.9 Å². The van der Waals surface area contributed by atoms with Crippen LogP contribution in [0.4, 0.5) is 8.78 Å². The number of amides is 1. The quantitative estimate of drug-likeness (QED) is 0.708. The van der Waals surface area contributed by atoms with Crippen molar-refractivity contribution < 1.29 is 18.4 Å². The molecule has 0 spiro atoms. The topological polar surface area (TPSA) is 55.2 Å². The summed E-state index contributed by atoms with van der Waals surface area (Å²) in [5.74, 6) is -0.394. The molecule has 0 bridgehead atoms. The van der Waals surface area contributed by atoms with E-state index in [1.807, 2.05) is 0 Å². The summed E-state index contributed by atoms with van der Waals surface area (Å²) in [6.45, 7) is -2.75. The highest BCUT2D eigenvalue weighted by atomic mass is 35.5. The molecule has 2 aromatic rings. The van der Waals surface area contributed by atoms with Gasteiger partial charge in [-0.25, -0.2) is 4.98 Å². The van der Waals surface area contributed by atoms with Gasteiger partial charge in [0.05, 0.1) is 15.8 Å². The Kier molecular flexibility index (Phi) is 5.84. The largest absolute Gasteiger partial charge is 0.338 e. The summed E-state index contributed by atoms with van der Waals surface area (Å²) in [6.07, 6.45) is 2.45. The van der Waals surface area contributed by atoms with E-state index in [0.717, 1.165) is 17.5 Å². The summed E-state index contributed by atoms with van der Waals surface area (Å²) in [5.41, 5.74) is 0. The lowest BCUT2D eigenvalue weighted by molar-refractivity contribution is -0.130. The zero-order valence-corrected chi connectivity index (χ0v) is 13.8. The molecule has 1 amide bonds. The van der Waals surface area contributed by atoms with Crippen molar-refractivity contribution in [3.05, 3.63) is 39.6 Å². The van der Waals surface area contributed by atoms with Gasteiger partial charge in [-0.15, -0.1) is 11.3 Å². The number of imidazole rings is 1. The van der Waals surface area contributed by atoms with Gasteiger partial charge in [-0.1, -0.05) is 11.6 Å². The first-order valence-electron chi connectivity index (χ1n) is 6.71. The molecule has 124 valence electrons. The zero-order chi connectivity index (χ0) is 17.0. The first-order chi connectivity index (χ1) is 10.9. The average Bonchev–Trinajstić information content (AvgIpc) is 3.13. The Morgan fingerprint density at radius 1 is 1.39 bits per heavy atom. The number of nitrogens with zero attached hydrogens (tertiary/aromatic N) is 3. The first-order valence-corrected chi connectivity index (χ1v) is 7.90. The maximum absolute atomic E-state index is 12.7. The molecule has 0 saturated carbocycles. The van der Waals surface area contributed by atoms with Crippen LogP contribution in [0.25, 0.3) is 0 Å². The van der Waals surface area contributed by atoms with Crippen LogP contribution in [0, 0.1) is 0 Å². The van der Waals surface area contributed by atoms with E-state index in [9.17, 15) is 18.4 Å². The molecule has 2 heterocycles. The zero-order valence-electron chi connectivity index (χ0n) is 12.2. The Bertz CT molecular complexity index is 702. The predicted octanol–water partition coefficient (Wildman–Crippen LogP) is 3.61. The number of Topliss-reactive ketones (excluding diaryl/α,β-unsaturated/α-hetero) is 1. The van der Waals surface area contributed by atoms with E-state index in [2.05, 4.69) is 4.98 Å². The van der Waals surface area contributed by atoms with Crippen molar-refractivity contribution in [3.63, 3.8) is 0 Å². The molecule has 0 aliphatic carbocycles. The second-order valence-corrected chi connectivity index (χ2v) is 6.52. The minimum Gasteiger partial charge on any atom is -0.338 e.